The molecule has 1 aromatic heterocycles. The summed E-state index contributed by atoms with van der Waals surface area (Å²) in [5, 5.41) is 4.02. The van der Waals surface area contributed by atoms with E-state index in [0.29, 0.717) is 23.4 Å². The molecule has 0 aliphatic heterocycles. The third-order valence-electron chi connectivity index (χ3n) is 2.63. The lowest BCUT2D eigenvalue weighted by molar-refractivity contribution is 0.208. The van der Waals surface area contributed by atoms with Crippen LogP contribution in [0.4, 0.5) is 0 Å². The summed E-state index contributed by atoms with van der Waals surface area (Å²) in [6, 6.07) is 3.67. The maximum absolute atomic E-state index is 6.12. The van der Waals surface area contributed by atoms with Crippen LogP contribution < -0.4 is 10.1 Å². The van der Waals surface area contributed by atoms with Crippen molar-refractivity contribution in [2.24, 2.45) is 5.92 Å². The van der Waals surface area contributed by atoms with Crippen LogP contribution in [0.25, 0.3) is 0 Å². The molecule has 18 heavy (non-hydrogen) atoms. The van der Waals surface area contributed by atoms with Crippen LogP contribution in [0, 0.1) is 5.92 Å². The van der Waals surface area contributed by atoms with Gasteiger partial charge in [0.1, 0.15) is 0 Å². The van der Waals surface area contributed by atoms with E-state index < -0.39 is 0 Å². The van der Waals surface area contributed by atoms with Gasteiger partial charge in [0.25, 0.3) is 0 Å². The Morgan fingerprint density at radius 2 is 2.06 bits per heavy atom. The molecule has 1 unspecified atom stereocenters. The zero-order chi connectivity index (χ0) is 13.5. The molecular weight excluding hydrogens is 248 g/mol. The van der Waals surface area contributed by atoms with Gasteiger partial charge in [-0.2, -0.15) is 0 Å². The Hall–Kier alpha value is -0.800. The van der Waals surface area contributed by atoms with E-state index in [9.17, 15) is 0 Å². The van der Waals surface area contributed by atoms with E-state index in [1.54, 1.807) is 0 Å². The molecule has 0 radical (unpaired) electrons. The fraction of sp³-hybridized carbons (Fsp3) is 0.643. The lowest BCUT2D eigenvalue weighted by Crippen LogP contribution is -2.20. The Labute approximate surface area is 115 Å². The molecule has 3 nitrogen and oxygen atoms in total. The molecule has 0 amide bonds. The predicted octanol–water partition coefficient (Wildman–Crippen LogP) is 3.66. The highest BCUT2D eigenvalue weighted by molar-refractivity contribution is 6.31. The van der Waals surface area contributed by atoms with Gasteiger partial charge >= 0.3 is 0 Å². The summed E-state index contributed by atoms with van der Waals surface area (Å²) < 4.78 is 5.69. The van der Waals surface area contributed by atoms with Crippen LogP contribution in [0.1, 0.15) is 39.8 Å². The lowest BCUT2D eigenvalue weighted by Gasteiger charge is -2.13. The van der Waals surface area contributed by atoms with Gasteiger partial charge in [-0.25, -0.2) is 4.98 Å². The van der Waals surface area contributed by atoms with E-state index in [4.69, 9.17) is 16.3 Å². The highest BCUT2D eigenvalue weighted by Crippen LogP contribution is 2.19. The number of ether oxygens (including phenoxy) is 1. The summed E-state index contributed by atoms with van der Waals surface area (Å²) >= 11 is 6.12. The van der Waals surface area contributed by atoms with Crippen molar-refractivity contribution < 1.29 is 4.74 Å². The van der Waals surface area contributed by atoms with Crippen LogP contribution in [-0.2, 0) is 6.54 Å². The number of nitrogens with zero attached hydrogens (tertiary/aromatic N) is 1. The topological polar surface area (TPSA) is 34.1 Å². The SMILES string of the molecule is CCC(C)Oc1ccc(Cl)c(CNCC(C)C)n1. The first-order valence-corrected chi connectivity index (χ1v) is 6.93. The van der Waals surface area contributed by atoms with Crippen LogP contribution in [-0.4, -0.2) is 17.6 Å². The number of nitrogens with one attached hydrogen (secondary N) is 1. The number of halogens is 1. The largest absolute Gasteiger partial charge is 0.475 e. The first-order chi connectivity index (χ1) is 8.52. The van der Waals surface area contributed by atoms with Crippen molar-refractivity contribution in [2.75, 3.05) is 6.54 Å². The number of pyridine rings is 1. The lowest BCUT2D eigenvalue weighted by atomic mass is 10.2. The minimum atomic E-state index is 0.176. The van der Waals surface area contributed by atoms with Crippen molar-refractivity contribution in [3.8, 4) is 5.88 Å². The highest BCUT2D eigenvalue weighted by Gasteiger charge is 2.07. The number of hydrogen-bond acceptors (Lipinski definition) is 3. The van der Waals surface area contributed by atoms with Crippen LogP contribution in [0.5, 0.6) is 5.88 Å². The van der Waals surface area contributed by atoms with Gasteiger partial charge in [-0.1, -0.05) is 32.4 Å². The summed E-state index contributed by atoms with van der Waals surface area (Å²) in [4.78, 5) is 4.44. The van der Waals surface area contributed by atoms with E-state index in [-0.39, 0.29) is 6.10 Å². The maximum Gasteiger partial charge on any atom is 0.213 e. The number of aromatic nitrogens is 1. The Morgan fingerprint density at radius 1 is 1.33 bits per heavy atom. The average molecular weight is 271 g/mol. The van der Waals surface area contributed by atoms with Gasteiger partial charge in [-0.15, -0.1) is 0 Å². The van der Waals surface area contributed by atoms with Crippen LogP contribution in [0.3, 0.4) is 0 Å². The molecule has 0 fully saturated rings. The van der Waals surface area contributed by atoms with Gasteiger partial charge < -0.3 is 10.1 Å². The molecule has 0 saturated heterocycles. The van der Waals surface area contributed by atoms with Gasteiger partial charge in [-0.05, 0) is 31.9 Å². The summed E-state index contributed by atoms with van der Waals surface area (Å²) in [7, 11) is 0. The minimum Gasteiger partial charge on any atom is -0.475 e. The smallest absolute Gasteiger partial charge is 0.213 e. The van der Waals surface area contributed by atoms with Crippen molar-refractivity contribution in [2.45, 2.75) is 46.8 Å². The molecule has 0 aliphatic rings. The third-order valence-corrected chi connectivity index (χ3v) is 2.98. The van der Waals surface area contributed by atoms with Crippen molar-refractivity contribution in [3.05, 3.63) is 22.8 Å². The molecular formula is C14H23ClN2O. The average Bonchev–Trinajstić information content (AvgIpc) is 2.32. The van der Waals surface area contributed by atoms with Gasteiger partial charge in [0.05, 0.1) is 16.8 Å². The molecule has 0 saturated carbocycles. The monoisotopic (exact) mass is 270 g/mol. The fourth-order valence-electron chi connectivity index (χ4n) is 1.42. The molecule has 4 heteroatoms. The van der Waals surface area contributed by atoms with E-state index >= 15 is 0 Å². The van der Waals surface area contributed by atoms with Gasteiger partial charge in [0.2, 0.25) is 5.88 Å². The molecule has 0 aromatic carbocycles. The standard InChI is InChI=1S/C14H23ClN2O/c1-5-11(4)18-14-7-6-12(15)13(17-14)9-16-8-10(2)3/h6-7,10-11,16H,5,8-9H2,1-4H3. The fourth-order valence-corrected chi connectivity index (χ4v) is 1.59. The zero-order valence-electron chi connectivity index (χ0n) is 11.7. The second-order valence-electron chi connectivity index (χ2n) is 4.94. The molecule has 102 valence electrons. The molecule has 1 N–H and O–H groups in total. The van der Waals surface area contributed by atoms with Crippen LogP contribution >= 0.6 is 11.6 Å². The van der Waals surface area contributed by atoms with Crippen molar-refractivity contribution >= 4 is 11.6 Å². The highest BCUT2D eigenvalue weighted by atomic mass is 35.5. The summed E-state index contributed by atoms with van der Waals surface area (Å²) in [6.07, 6.45) is 1.14. The summed E-state index contributed by atoms with van der Waals surface area (Å²) in [5.41, 5.74) is 0.845. The number of hydrogen-bond donors (Lipinski definition) is 1. The molecule has 1 rings (SSSR count). The maximum atomic E-state index is 6.12. The quantitative estimate of drug-likeness (QED) is 0.821. The molecule has 1 atom stereocenters. The van der Waals surface area contributed by atoms with Crippen LogP contribution in [0.15, 0.2) is 12.1 Å². The van der Waals surface area contributed by atoms with E-state index in [2.05, 4.69) is 31.1 Å². The van der Waals surface area contributed by atoms with Gasteiger partial charge in [0.15, 0.2) is 0 Å². The molecule has 1 heterocycles. The van der Waals surface area contributed by atoms with Gasteiger partial charge in [-0.3, -0.25) is 0 Å². The van der Waals surface area contributed by atoms with Crippen molar-refractivity contribution in [3.63, 3.8) is 0 Å². The zero-order valence-corrected chi connectivity index (χ0v) is 12.4. The number of rotatable bonds is 7. The molecule has 0 aliphatic carbocycles. The van der Waals surface area contributed by atoms with E-state index in [1.165, 1.54) is 0 Å². The Bertz CT molecular complexity index is 369. The first-order valence-electron chi connectivity index (χ1n) is 6.55. The third kappa shape index (κ3) is 5.23. The van der Waals surface area contributed by atoms with Gasteiger partial charge in [0, 0.05) is 12.6 Å². The molecule has 0 bridgehead atoms. The molecule has 0 spiro atoms. The second-order valence-corrected chi connectivity index (χ2v) is 5.35. The second kappa shape index (κ2) is 7.59. The minimum absolute atomic E-state index is 0.176. The Morgan fingerprint density at radius 3 is 2.67 bits per heavy atom. The van der Waals surface area contributed by atoms with E-state index in [0.717, 1.165) is 18.7 Å². The normalized spacial score (nSPS) is 12.8. The predicted molar refractivity (Wildman–Crippen MR) is 76.2 cm³/mol. The van der Waals surface area contributed by atoms with Crippen molar-refractivity contribution in [1.82, 2.24) is 10.3 Å². The van der Waals surface area contributed by atoms with E-state index in [1.807, 2.05) is 19.1 Å². The summed E-state index contributed by atoms with van der Waals surface area (Å²) in [5.74, 6) is 1.26. The summed E-state index contributed by atoms with van der Waals surface area (Å²) in [6.45, 7) is 10.1. The first kappa shape index (κ1) is 15.3. The molecule has 1 aromatic rings. The Kier molecular flexibility index (Phi) is 6.44. The van der Waals surface area contributed by atoms with Crippen molar-refractivity contribution in [1.29, 1.82) is 0 Å². The Balaban J connectivity index is 2.63. The van der Waals surface area contributed by atoms with Crippen LogP contribution in [0.2, 0.25) is 5.02 Å².